The fourth-order valence-electron chi connectivity index (χ4n) is 2.31. The number of anilines is 1. The average molecular weight is 397 g/mol. The number of nitrogens with one attached hydrogen (secondary N) is 1. The number of ether oxygens (including phenoxy) is 1. The second kappa shape index (κ2) is 7.94. The van der Waals surface area contributed by atoms with Gasteiger partial charge in [-0.1, -0.05) is 48.5 Å². The summed E-state index contributed by atoms with van der Waals surface area (Å²) >= 11 is 3.45. The number of rotatable bonds is 5. The Hall–Kier alpha value is -2.66. The summed E-state index contributed by atoms with van der Waals surface area (Å²) in [6.07, 6.45) is 1.67. The van der Waals surface area contributed by atoms with E-state index in [1.54, 1.807) is 18.3 Å². The van der Waals surface area contributed by atoms with Gasteiger partial charge in [0.15, 0.2) is 0 Å². The van der Waals surface area contributed by atoms with E-state index in [1.807, 2.05) is 55.5 Å². The first-order valence-corrected chi connectivity index (χ1v) is 8.62. The van der Waals surface area contributed by atoms with Crippen LogP contribution in [0.5, 0.6) is 5.88 Å². The van der Waals surface area contributed by atoms with E-state index in [9.17, 15) is 4.79 Å². The van der Waals surface area contributed by atoms with Crippen molar-refractivity contribution >= 4 is 27.5 Å². The third-order valence-electron chi connectivity index (χ3n) is 3.74. The van der Waals surface area contributed by atoms with Crippen molar-refractivity contribution in [2.75, 3.05) is 5.32 Å². The van der Waals surface area contributed by atoms with Crippen LogP contribution in [0.1, 0.15) is 21.5 Å². The molecule has 0 aliphatic heterocycles. The fraction of sp³-hybridized carbons (Fsp3) is 0.100. The Kier molecular flexibility index (Phi) is 5.46. The summed E-state index contributed by atoms with van der Waals surface area (Å²) < 4.78 is 6.66. The zero-order valence-electron chi connectivity index (χ0n) is 13.7. The van der Waals surface area contributed by atoms with Gasteiger partial charge in [-0.3, -0.25) is 4.79 Å². The summed E-state index contributed by atoms with van der Waals surface area (Å²) in [5.41, 5.74) is 3.04. The molecule has 1 aromatic heterocycles. The fourth-order valence-corrected chi connectivity index (χ4v) is 2.61. The highest BCUT2D eigenvalue weighted by Crippen LogP contribution is 2.32. The van der Waals surface area contributed by atoms with Crippen LogP contribution >= 0.6 is 15.9 Å². The molecule has 0 aliphatic carbocycles. The third-order valence-corrected chi connectivity index (χ3v) is 4.53. The summed E-state index contributed by atoms with van der Waals surface area (Å²) in [5.74, 6) is 0.196. The topological polar surface area (TPSA) is 51.2 Å². The van der Waals surface area contributed by atoms with E-state index < -0.39 is 0 Å². The van der Waals surface area contributed by atoms with Crippen LogP contribution in [-0.2, 0) is 6.61 Å². The van der Waals surface area contributed by atoms with E-state index in [0.717, 1.165) is 15.6 Å². The molecule has 0 bridgehead atoms. The van der Waals surface area contributed by atoms with Gasteiger partial charge in [0.1, 0.15) is 12.3 Å². The Balaban J connectivity index is 1.84. The second-order valence-electron chi connectivity index (χ2n) is 5.51. The zero-order valence-corrected chi connectivity index (χ0v) is 15.3. The van der Waals surface area contributed by atoms with Gasteiger partial charge < -0.3 is 10.1 Å². The summed E-state index contributed by atoms with van der Waals surface area (Å²) in [7, 11) is 0. The molecule has 3 aromatic rings. The van der Waals surface area contributed by atoms with Gasteiger partial charge in [0.25, 0.3) is 5.91 Å². The molecule has 0 spiro atoms. The smallest absolute Gasteiger partial charge is 0.255 e. The quantitative estimate of drug-likeness (QED) is 0.661. The molecule has 0 saturated heterocycles. The molecule has 4 nitrogen and oxygen atoms in total. The van der Waals surface area contributed by atoms with Gasteiger partial charge in [-0.2, -0.15) is 0 Å². The highest BCUT2D eigenvalue weighted by Gasteiger charge is 2.16. The Morgan fingerprint density at radius 2 is 1.72 bits per heavy atom. The Bertz CT molecular complexity index is 868. The van der Waals surface area contributed by atoms with Crippen molar-refractivity contribution in [1.82, 2.24) is 4.98 Å². The van der Waals surface area contributed by atoms with Gasteiger partial charge in [-0.05, 0) is 46.1 Å². The molecule has 5 heteroatoms. The maximum Gasteiger partial charge on any atom is 0.255 e. The summed E-state index contributed by atoms with van der Waals surface area (Å²) in [6.45, 7) is 2.28. The SMILES string of the molecule is Cc1c(Br)cnc(OCc2ccccc2)c1NC(=O)c1ccccc1. The number of benzene rings is 2. The van der Waals surface area contributed by atoms with Crippen molar-refractivity contribution in [3.05, 3.63) is 88.0 Å². The number of carbonyl (C=O) groups excluding carboxylic acids is 1. The number of aromatic nitrogens is 1. The minimum absolute atomic E-state index is 0.201. The zero-order chi connectivity index (χ0) is 17.6. The molecule has 1 heterocycles. The highest BCUT2D eigenvalue weighted by molar-refractivity contribution is 9.10. The molecule has 1 amide bonds. The lowest BCUT2D eigenvalue weighted by molar-refractivity contribution is 0.102. The molecule has 0 saturated carbocycles. The molecule has 0 radical (unpaired) electrons. The Labute approximate surface area is 155 Å². The van der Waals surface area contributed by atoms with Crippen LogP contribution in [0.25, 0.3) is 0 Å². The molecule has 0 aliphatic rings. The van der Waals surface area contributed by atoms with Crippen LogP contribution < -0.4 is 10.1 Å². The van der Waals surface area contributed by atoms with Crippen molar-refractivity contribution in [3.8, 4) is 5.88 Å². The summed E-state index contributed by atoms with van der Waals surface area (Å²) in [4.78, 5) is 16.8. The second-order valence-corrected chi connectivity index (χ2v) is 6.36. The van der Waals surface area contributed by atoms with Crippen LogP contribution in [0.15, 0.2) is 71.3 Å². The summed E-state index contributed by atoms with van der Waals surface area (Å²) in [6, 6.07) is 18.9. The largest absolute Gasteiger partial charge is 0.471 e. The van der Waals surface area contributed by atoms with E-state index in [0.29, 0.717) is 23.7 Å². The van der Waals surface area contributed by atoms with Crippen molar-refractivity contribution < 1.29 is 9.53 Å². The van der Waals surface area contributed by atoms with Crippen molar-refractivity contribution in [3.63, 3.8) is 0 Å². The lowest BCUT2D eigenvalue weighted by atomic mass is 10.2. The lowest BCUT2D eigenvalue weighted by Crippen LogP contribution is -2.14. The molecule has 25 heavy (non-hydrogen) atoms. The molecule has 0 unspecified atom stereocenters. The maximum absolute atomic E-state index is 12.5. The minimum Gasteiger partial charge on any atom is -0.471 e. The Morgan fingerprint density at radius 1 is 1.08 bits per heavy atom. The van der Waals surface area contributed by atoms with Crippen LogP contribution in [-0.4, -0.2) is 10.9 Å². The van der Waals surface area contributed by atoms with Gasteiger partial charge in [0.2, 0.25) is 5.88 Å². The standard InChI is InChI=1S/C20H17BrN2O2/c1-14-17(21)12-22-20(25-13-15-8-4-2-5-9-15)18(14)23-19(24)16-10-6-3-7-11-16/h2-12H,13H2,1H3,(H,23,24). The van der Waals surface area contributed by atoms with Crippen LogP contribution in [0.3, 0.4) is 0 Å². The number of amides is 1. The predicted octanol–water partition coefficient (Wildman–Crippen LogP) is 4.98. The van der Waals surface area contributed by atoms with E-state index >= 15 is 0 Å². The molecule has 2 aromatic carbocycles. The van der Waals surface area contributed by atoms with E-state index in [1.165, 1.54) is 0 Å². The third kappa shape index (κ3) is 4.25. The molecule has 126 valence electrons. The monoisotopic (exact) mass is 396 g/mol. The van der Waals surface area contributed by atoms with E-state index in [4.69, 9.17) is 4.74 Å². The molecular formula is C20H17BrN2O2. The van der Waals surface area contributed by atoms with Crippen molar-refractivity contribution in [1.29, 1.82) is 0 Å². The lowest BCUT2D eigenvalue weighted by Gasteiger charge is -2.15. The van der Waals surface area contributed by atoms with Crippen LogP contribution in [0.2, 0.25) is 0 Å². The van der Waals surface area contributed by atoms with Gasteiger partial charge in [-0.25, -0.2) is 4.98 Å². The van der Waals surface area contributed by atoms with Gasteiger partial charge >= 0.3 is 0 Å². The first-order chi connectivity index (χ1) is 12.1. The number of hydrogen-bond acceptors (Lipinski definition) is 3. The maximum atomic E-state index is 12.5. The van der Waals surface area contributed by atoms with Gasteiger partial charge in [0.05, 0.1) is 0 Å². The number of halogens is 1. The number of carbonyl (C=O) groups is 1. The summed E-state index contributed by atoms with van der Waals surface area (Å²) in [5, 5.41) is 2.92. The van der Waals surface area contributed by atoms with Crippen LogP contribution in [0.4, 0.5) is 5.69 Å². The van der Waals surface area contributed by atoms with Crippen LogP contribution in [0, 0.1) is 6.92 Å². The van der Waals surface area contributed by atoms with Crippen molar-refractivity contribution in [2.45, 2.75) is 13.5 Å². The van der Waals surface area contributed by atoms with Gasteiger partial charge in [-0.15, -0.1) is 0 Å². The minimum atomic E-state index is -0.201. The highest BCUT2D eigenvalue weighted by atomic mass is 79.9. The Morgan fingerprint density at radius 3 is 2.40 bits per heavy atom. The molecular weight excluding hydrogens is 380 g/mol. The van der Waals surface area contributed by atoms with E-state index in [2.05, 4.69) is 26.2 Å². The normalized spacial score (nSPS) is 10.3. The number of pyridine rings is 1. The molecule has 1 N–H and O–H groups in total. The van der Waals surface area contributed by atoms with Crippen molar-refractivity contribution in [2.24, 2.45) is 0 Å². The predicted molar refractivity (Wildman–Crippen MR) is 102 cm³/mol. The molecule has 3 rings (SSSR count). The average Bonchev–Trinajstić information content (AvgIpc) is 2.66. The number of hydrogen-bond donors (Lipinski definition) is 1. The first-order valence-electron chi connectivity index (χ1n) is 7.83. The molecule has 0 atom stereocenters. The van der Waals surface area contributed by atoms with Gasteiger partial charge in [0, 0.05) is 16.2 Å². The molecule has 0 fully saturated rings. The van der Waals surface area contributed by atoms with E-state index in [-0.39, 0.29) is 5.91 Å². The first kappa shape index (κ1) is 17.2. The number of nitrogens with zero attached hydrogens (tertiary/aromatic N) is 1.